The van der Waals surface area contributed by atoms with Crippen LogP contribution in [0.5, 0.6) is 0 Å². The molecular formula is C13H23NO. The van der Waals surface area contributed by atoms with E-state index in [1.807, 2.05) is 0 Å². The van der Waals surface area contributed by atoms with Gasteiger partial charge in [0.25, 0.3) is 0 Å². The van der Waals surface area contributed by atoms with Gasteiger partial charge < -0.3 is 5.11 Å². The highest BCUT2D eigenvalue weighted by molar-refractivity contribution is 4.96. The predicted molar refractivity (Wildman–Crippen MR) is 60.7 cm³/mol. The van der Waals surface area contributed by atoms with E-state index in [9.17, 15) is 5.11 Å². The third-order valence-corrected chi connectivity index (χ3v) is 4.89. The smallest absolute Gasteiger partial charge is 0.0595 e. The lowest BCUT2D eigenvalue weighted by molar-refractivity contribution is -0.0720. The first-order chi connectivity index (χ1) is 7.34. The quantitative estimate of drug-likeness (QED) is 0.715. The largest absolute Gasteiger partial charge is 0.393 e. The fraction of sp³-hybridized carbons (Fsp3) is 1.00. The van der Waals surface area contributed by atoms with E-state index < -0.39 is 0 Å². The minimum Gasteiger partial charge on any atom is -0.393 e. The predicted octanol–water partition coefficient (Wildman–Crippen LogP) is 2.16. The van der Waals surface area contributed by atoms with Crippen LogP contribution in [0.4, 0.5) is 0 Å². The zero-order valence-corrected chi connectivity index (χ0v) is 9.57. The van der Waals surface area contributed by atoms with Gasteiger partial charge in [-0.3, -0.25) is 4.90 Å². The molecule has 4 fully saturated rings. The lowest BCUT2D eigenvalue weighted by Gasteiger charge is -2.51. The van der Waals surface area contributed by atoms with Crippen molar-refractivity contribution >= 4 is 0 Å². The van der Waals surface area contributed by atoms with Crippen LogP contribution in [0, 0.1) is 5.92 Å². The minimum atomic E-state index is 0.0172. The van der Waals surface area contributed by atoms with Crippen molar-refractivity contribution in [2.75, 3.05) is 6.54 Å². The molecule has 0 aromatic carbocycles. The molecule has 3 atom stereocenters. The maximum Gasteiger partial charge on any atom is 0.0595 e. The summed E-state index contributed by atoms with van der Waals surface area (Å²) in [7, 11) is 0. The molecule has 4 aliphatic rings. The number of aliphatic hydroxyl groups is 1. The molecule has 86 valence electrons. The Kier molecular flexibility index (Phi) is 2.73. The highest BCUT2D eigenvalue weighted by Gasteiger charge is 2.41. The number of piperidine rings is 2. The molecule has 2 aliphatic carbocycles. The average molecular weight is 209 g/mol. The van der Waals surface area contributed by atoms with Gasteiger partial charge in [-0.1, -0.05) is 19.3 Å². The van der Waals surface area contributed by atoms with Gasteiger partial charge in [0.05, 0.1) is 6.10 Å². The van der Waals surface area contributed by atoms with Crippen LogP contribution in [0.25, 0.3) is 0 Å². The van der Waals surface area contributed by atoms with E-state index >= 15 is 0 Å². The van der Waals surface area contributed by atoms with Crippen LogP contribution in [-0.4, -0.2) is 34.7 Å². The van der Waals surface area contributed by atoms with Gasteiger partial charge in [-0.2, -0.15) is 0 Å². The number of hydrogen-bond acceptors (Lipinski definition) is 2. The molecule has 2 aliphatic heterocycles. The maximum atomic E-state index is 9.89. The van der Waals surface area contributed by atoms with Gasteiger partial charge >= 0.3 is 0 Å². The minimum absolute atomic E-state index is 0.0172. The molecule has 2 nitrogen and oxygen atoms in total. The van der Waals surface area contributed by atoms with Gasteiger partial charge in [-0.05, 0) is 38.0 Å². The molecule has 2 bridgehead atoms. The summed E-state index contributed by atoms with van der Waals surface area (Å²) in [5.74, 6) is 0.594. The van der Waals surface area contributed by atoms with E-state index in [0.29, 0.717) is 12.0 Å². The van der Waals surface area contributed by atoms with Gasteiger partial charge in [-0.25, -0.2) is 0 Å². The molecule has 2 heteroatoms. The second kappa shape index (κ2) is 4.06. The van der Waals surface area contributed by atoms with E-state index in [4.69, 9.17) is 0 Å². The number of nitrogens with zero attached hydrogens (tertiary/aromatic N) is 1. The molecule has 1 N–H and O–H groups in total. The van der Waals surface area contributed by atoms with Gasteiger partial charge in [0.15, 0.2) is 0 Å². The molecule has 15 heavy (non-hydrogen) atoms. The highest BCUT2D eigenvalue weighted by atomic mass is 16.3. The summed E-state index contributed by atoms with van der Waals surface area (Å²) in [6, 6.07) is 1.58. The van der Waals surface area contributed by atoms with Crippen molar-refractivity contribution in [2.45, 2.75) is 69.6 Å². The zero-order chi connectivity index (χ0) is 10.3. The monoisotopic (exact) mass is 209 g/mol. The van der Waals surface area contributed by atoms with Crippen molar-refractivity contribution < 1.29 is 5.11 Å². The molecule has 0 aromatic rings. The van der Waals surface area contributed by atoms with E-state index in [1.165, 1.54) is 51.5 Å². The van der Waals surface area contributed by atoms with Crippen LogP contribution in [0.3, 0.4) is 0 Å². The number of hydrogen-bond donors (Lipinski definition) is 1. The fourth-order valence-corrected chi connectivity index (χ4v) is 3.98. The Hall–Kier alpha value is -0.0800. The molecule has 2 heterocycles. The highest BCUT2D eigenvalue weighted by Crippen LogP contribution is 2.38. The third kappa shape index (κ3) is 1.83. The van der Waals surface area contributed by atoms with Gasteiger partial charge in [0.2, 0.25) is 0 Å². The number of rotatable bonds is 1. The summed E-state index contributed by atoms with van der Waals surface area (Å²) in [5, 5.41) is 9.89. The van der Waals surface area contributed by atoms with E-state index in [-0.39, 0.29) is 6.10 Å². The molecule has 0 amide bonds. The number of fused-ring (bicyclic) bond motifs is 3. The maximum absolute atomic E-state index is 9.89. The van der Waals surface area contributed by atoms with Crippen molar-refractivity contribution in [1.82, 2.24) is 4.90 Å². The average Bonchev–Trinajstić information content (AvgIpc) is 2.31. The summed E-state index contributed by atoms with van der Waals surface area (Å²) in [6.07, 6.45) is 10.8. The van der Waals surface area contributed by atoms with Crippen molar-refractivity contribution in [3.63, 3.8) is 0 Å². The first-order valence-electron chi connectivity index (χ1n) is 6.78. The standard InChI is InChI=1S/C13H23NO/c15-13-8-12-7-6-10(13)9-14(12)11-4-2-1-3-5-11/h10-13,15H,1-9H2. The lowest BCUT2D eigenvalue weighted by Crippen LogP contribution is -2.57. The number of aliphatic hydroxyl groups excluding tert-OH is 1. The van der Waals surface area contributed by atoms with Crippen LogP contribution in [-0.2, 0) is 0 Å². The zero-order valence-electron chi connectivity index (χ0n) is 9.57. The Labute approximate surface area is 92.7 Å². The van der Waals surface area contributed by atoms with E-state index in [1.54, 1.807) is 0 Å². The second-order valence-electron chi connectivity index (χ2n) is 5.78. The summed E-state index contributed by atoms with van der Waals surface area (Å²) in [5.41, 5.74) is 0. The first kappa shape index (κ1) is 10.1. The molecule has 0 radical (unpaired) electrons. The van der Waals surface area contributed by atoms with Crippen molar-refractivity contribution in [3.05, 3.63) is 0 Å². The van der Waals surface area contributed by atoms with E-state index in [0.717, 1.165) is 12.5 Å². The van der Waals surface area contributed by atoms with Crippen LogP contribution in [0.2, 0.25) is 0 Å². The Balaban J connectivity index is 1.67. The Morgan fingerprint density at radius 3 is 2.27 bits per heavy atom. The van der Waals surface area contributed by atoms with Crippen LogP contribution in [0.1, 0.15) is 51.4 Å². The summed E-state index contributed by atoms with van der Waals surface area (Å²) >= 11 is 0. The van der Waals surface area contributed by atoms with Crippen molar-refractivity contribution in [2.24, 2.45) is 5.92 Å². The van der Waals surface area contributed by atoms with Gasteiger partial charge in [0, 0.05) is 18.6 Å². The van der Waals surface area contributed by atoms with Gasteiger partial charge in [0.1, 0.15) is 0 Å². The molecule has 0 aromatic heterocycles. The Bertz CT molecular complexity index is 220. The molecule has 2 saturated carbocycles. The normalized spacial score (nSPS) is 43.4. The SMILES string of the molecule is OC1CC2CCC1CN2C1CCCCC1. The first-order valence-corrected chi connectivity index (χ1v) is 6.78. The van der Waals surface area contributed by atoms with Crippen molar-refractivity contribution in [1.29, 1.82) is 0 Å². The van der Waals surface area contributed by atoms with Crippen molar-refractivity contribution in [3.8, 4) is 0 Å². The topological polar surface area (TPSA) is 23.5 Å². The third-order valence-electron chi connectivity index (χ3n) is 4.89. The van der Waals surface area contributed by atoms with Crippen LogP contribution >= 0.6 is 0 Å². The summed E-state index contributed by atoms with van der Waals surface area (Å²) in [6.45, 7) is 1.19. The lowest BCUT2D eigenvalue weighted by atomic mass is 9.76. The molecular weight excluding hydrogens is 186 g/mol. The molecule has 4 rings (SSSR count). The Morgan fingerprint density at radius 2 is 1.67 bits per heavy atom. The molecule has 2 saturated heterocycles. The molecule has 0 spiro atoms. The fourth-order valence-electron chi connectivity index (χ4n) is 3.98. The second-order valence-corrected chi connectivity index (χ2v) is 5.78. The van der Waals surface area contributed by atoms with Crippen LogP contribution in [0.15, 0.2) is 0 Å². The van der Waals surface area contributed by atoms with Crippen LogP contribution < -0.4 is 0 Å². The summed E-state index contributed by atoms with van der Waals surface area (Å²) in [4.78, 5) is 2.75. The van der Waals surface area contributed by atoms with E-state index in [2.05, 4.69) is 4.90 Å². The summed E-state index contributed by atoms with van der Waals surface area (Å²) < 4.78 is 0. The van der Waals surface area contributed by atoms with Gasteiger partial charge in [-0.15, -0.1) is 0 Å². The molecule has 3 unspecified atom stereocenters. The Morgan fingerprint density at radius 1 is 0.867 bits per heavy atom.